The van der Waals surface area contributed by atoms with Crippen molar-refractivity contribution in [3.63, 3.8) is 0 Å². The van der Waals surface area contributed by atoms with Gasteiger partial charge in [-0.2, -0.15) is 13.2 Å². The highest BCUT2D eigenvalue weighted by atomic mass is 31.2. The average molecular weight is 508 g/mol. The molecule has 184 valence electrons. The van der Waals surface area contributed by atoms with E-state index in [1.165, 1.54) is 6.07 Å². The maximum atomic E-state index is 14.1. The highest BCUT2D eigenvalue weighted by Crippen LogP contribution is 2.41. The molecule has 0 saturated carbocycles. The Morgan fingerprint density at radius 1 is 1.00 bits per heavy atom. The predicted molar refractivity (Wildman–Crippen MR) is 123 cm³/mol. The number of benzene rings is 2. The molecular formula is C21H20F3N6O4P. The van der Waals surface area contributed by atoms with Crippen LogP contribution in [0.3, 0.4) is 0 Å². The zero-order chi connectivity index (χ0) is 25.0. The quantitative estimate of drug-likeness (QED) is 0.359. The van der Waals surface area contributed by atoms with E-state index in [0.29, 0.717) is 26.2 Å². The van der Waals surface area contributed by atoms with Gasteiger partial charge in [0, 0.05) is 31.9 Å². The summed E-state index contributed by atoms with van der Waals surface area (Å²) in [4.78, 5) is 37.3. The van der Waals surface area contributed by atoms with Gasteiger partial charge in [0.05, 0.1) is 22.3 Å². The number of para-hydroxylation sites is 1. The molecule has 2 aromatic heterocycles. The lowest BCUT2D eigenvalue weighted by atomic mass is 10.1. The van der Waals surface area contributed by atoms with Crippen LogP contribution < -0.4 is 15.4 Å². The van der Waals surface area contributed by atoms with Gasteiger partial charge < -0.3 is 24.6 Å². The van der Waals surface area contributed by atoms with E-state index in [2.05, 4.69) is 20.1 Å². The fraction of sp³-hybridized carbons (Fsp3) is 0.286. The van der Waals surface area contributed by atoms with Gasteiger partial charge in [0.2, 0.25) is 5.65 Å². The van der Waals surface area contributed by atoms with Crippen LogP contribution in [0.15, 0.2) is 47.3 Å². The van der Waals surface area contributed by atoms with Gasteiger partial charge >= 0.3 is 13.8 Å². The second kappa shape index (κ2) is 8.36. The van der Waals surface area contributed by atoms with Crippen LogP contribution in [-0.4, -0.2) is 55.5 Å². The zero-order valence-electron chi connectivity index (χ0n) is 18.1. The number of nitrogens with zero attached hydrogens (tertiary/aromatic N) is 5. The Morgan fingerprint density at radius 3 is 2.29 bits per heavy atom. The Bertz CT molecular complexity index is 1510. The van der Waals surface area contributed by atoms with Crippen molar-refractivity contribution in [2.24, 2.45) is 0 Å². The van der Waals surface area contributed by atoms with E-state index in [-0.39, 0.29) is 28.2 Å². The molecule has 0 amide bonds. The summed E-state index contributed by atoms with van der Waals surface area (Å²) in [5.41, 5.74) is -1.15. The molecule has 2 aromatic carbocycles. The number of hydrogen-bond acceptors (Lipinski definition) is 6. The molecule has 14 heteroatoms. The number of aromatic nitrogens is 4. The number of H-pyrrole nitrogens is 1. The Hall–Kier alpha value is -3.41. The van der Waals surface area contributed by atoms with Crippen LogP contribution in [0.25, 0.3) is 16.7 Å². The Morgan fingerprint density at radius 2 is 1.66 bits per heavy atom. The molecule has 0 atom stereocenters. The van der Waals surface area contributed by atoms with E-state index >= 15 is 0 Å². The molecule has 0 aliphatic carbocycles. The molecule has 5 rings (SSSR count). The van der Waals surface area contributed by atoms with Crippen LogP contribution in [-0.2, 0) is 16.9 Å². The maximum Gasteiger partial charge on any atom is 0.418 e. The van der Waals surface area contributed by atoms with E-state index in [0.717, 1.165) is 16.2 Å². The molecule has 1 aliphatic rings. The maximum absolute atomic E-state index is 14.1. The molecule has 35 heavy (non-hydrogen) atoms. The molecule has 0 radical (unpaired) electrons. The summed E-state index contributed by atoms with van der Waals surface area (Å²) in [6.07, 6.45) is -5.52. The monoisotopic (exact) mass is 508 g/mol. The van der Waals surface area contributed by atoms with Crippen molar-refractivity contribution in [3.05, 3.63) is 64.2 Å². The summed E-state index contributed by atoms with van der Waals surface area (Å²) >= 11 is 0. The largest absolute Gasteiger partial charge is 0.418 e. The minimum atomic E-state index is -4.70. The Balaban J connectivity index is 1.63. The van der Waals surface area contributed by atoms with Crippen molar-refractivity contribution >= 4 is 35.7 Å². The Labute approximate surface area is 195 Å². The number of fused-ring (bicyclic) bond motifs is 3. The van der Waals surface area contributed by atoms with Gasteiger partial charge in [-0.15, -0.1) is 10.2 Å². The second-order valence-electron chi connectivity index (χ2n) is 8.25. The van der Waals surface area contributed by atoms with Gasteiger partial charge in [0.25, 0.3) is 5.56 Å². The van der Waals surface area contributed by atoms with Gasteiger partial charge in [-0.3, -0.25) is 13.8 Å². The van der Waals surface area contributed by atoms with Gasteiger partial charge in [-0.25, -0.2) is 0 Å². The topological polar surface area (TPSA) is 127 Å². The third-order valence-corrected chi connectivity index (χ3v) is 6.63. The summed E-state index contributed by atoms with van der Waals surface area (Å²) in [6, 6.07) is 11.7. The molecule has 1 fully saturated rings. The van der Waals surface area contributed by atoms with E-state index in [4.69, 9.17) is 0 Å². The average Bonchev–Trinajstić information content (AvgIpc) is 3.21. The van der Waals surface area contributed by atoms with Gasteiger partial charge in [0.15, 0.2) is 0 Å². The predicted octanol–water partition coefficient (Wildman–Crippen LogP) is 2.59. The van der Waals surface area contributed by atoms with Crippen LogP contribution in [0.2, 0.25) is 0 Å². The molecule has 10 nitrogen and oxygen atoms in total. The van der Waals surface area contributed by atoms with Gasteiger partial charge in [-0.05, 0) is 24.3 Å². The number of halogens is 3. The fourth-order valence-corrected chi connectivity index (χ4v) is 4.95. The SMILES string of the molecule is O=c1[nH]c2cc(C(F)(F)F)c(N3CCN(c4ccccc4)CC3)cc2n2c(CP(=O)(O)O)nnc12. The van der Waals surface area contributed by atoms with Crippen LogP contribution >= 0.6 is 7.60 Å². The first-order valence-corrected chi connectivity index (χ1v) is 12.4. The van der Waals surface area contributed by atoms with Crippen LogP contribution in [0.4, 0.5) is 24.5 Å². The van der Waals surface area contributed by atoms with Crippen LogP contribution in [0, 0.1) is 0 Å². The number of hydrogen-bond donors (Lipinski definition) is 3. The molecule has 1 aliphatic heterocycles. The van der Waals surface area contributed by atoms with E-state index in [1.54, 1.807) is 4.90 Å². The summed E-state index contributed by atoms with van der Waals surface area (Å²) in [5, 5.41) is 7.40. The number of alkyl halides is 3. The fourth-order valence-electron chi connectivity index (χ4n) is 4.38. The van der Waals surface area contributed by atoms with Gasteiger partial charge in [0.1, 0.15) is 12.0 Å². The summed E-state index contributed by atoms with van der Waals surface area (Å²) < 4.78 is 54.9. The van der Waals surface area contributed by atoms with Crippen molar-refractivity contribution in [2.75, 3.05) is 36.0 Å². The lowest BCUT2D eigenvalue weighted by Gasteiger charge is -2.38. The van der Waals surface area contributed by atoms with E-state index in [1.807, 2.05) is 30.3 Å². The minimum absolute atomic E-state index is 0.0955. The number of nitrogens with one attached hydrogen (secondary N) is 1. The first-order chi connectivity index (χ1) is 16.5. The number of aromatic amines is 1. The van der Waals surface area contributed by atoms with Crippen molar-refractivity contribution in [1.29, 1.82) is 0 Å². The standard InChI is InChI=1S/C21H20F3N6O4P/c22-21(23,24)14-10-15-17(30-18(12-35(32,33)34)26-27-19(30)20(31)25-15)11-16(14)29-8-6-28(7-9-29)13-4-2-1-3-5-13/h1-5,10-11H,6-9,12H2,(H,25,31)(H2,32,33,34). The highest BCUT2D eigenvalue weighted by molar-refractivity contribution is 7.50. The van der Waals surface area contributed by atoms with Crippen LogP contribution in [0.1, 0.15) is 11.4 Å². The summed E-state index contributed by atoms with van der Waals surface area (Å²) in [6.45, 7) is 1.62. The highest BCUT2D eigenvalue weighted by Gasteiger charge is 2.37. The molecule has 3 heterocycles. The van der Waals surface area contributed by atoms with Crippen molar-refractivity contribution in [1.82, 2.24) is 19.6 Å². The first kappa shape index (κ1) is 23.3. The second-order valence-corrected chi connectivity index (χ2v) is 9.89. The van der Waals surface area contributed by atoms with Crippen molar-refractivity contribution in [2.45, 2.75) is 12.3 Å². The molecule has 0 bridgehead atoms. The normalized spacial score (nSPS) is 15.3. The number of piperazine rings is 1. The molecular weight excluding hydrogens is 488 g/mol. The lowest BCUT2D eigenvalue weighted by molar-refractivity contribution is -0.137. The summed E-state index contributed by atoms with van der Waals surface area (Å²) in [7, 11) is -4.59. The zero-order valence-corrected chi connectivity index (χ0v) is 19.0. The van der Waals surface area contributed by atoms with Crippen LogP contribution in [0.5, 0.6) is 0 Å². The smallest absolute Gasteiger partial charge is 0.368 e. The minimum Gasteiger partial charge on any atom is -0.368 e. The third-order valence-electron chi connectivity index (χ3n) is 5.93. The van der Waals surface area contributed by atoms with Gasteiger partial charge in [-0.1, -0.05) is 18.2 Å². The first-order valence-electron chi connectivity index (χ1n) is 10.6. The van der Waals surface area contributed by atoms with Crippen molar-refractivity contribution in [3.8, 4) is 0 Å². The van der Waals surface area contributed by atoms with Crippen molar-refractivity contribution < 1.29 is 27.5 Å². The van der Waals surface area contributed by atoms with E-state index in [9.17, 15) is 32.3 Å². The molecule has 3 N–H and O–H groups in total. The lowest BCUT2D eigenvalue weighted by Crippen LogP contribution is -2.47. The number of anilines is 2. The number of rotatable bonds is 4. The molecule has 4 aromatic rings. The molecule has 0 spiro atoms. The summed E-state index contributed by atoms with van der Waals surface area (Å²) in [5.74, 6) is -0.218. The molecule has 0 unspecified atom stereocenters. The third kappa shape index (κ3) is 4.49. The molecule has 1 saturated heterocycles. The van der Waals surface area contributed by atoms with E-state index < -0.39 is 31.1 Å². The Kier molecular flexibility index (Phi) is 5.58.